The lowest BCUT2D eigenvalue weighted by Gasteiger charge is -2.09. The van der Waals surface area contributed by atoms with E-state index in [9.17, 15) is 9.59 Å². The average Bonchev–Trinajstić information content (AvgIpc) is 3.08. The van der Waals surface area contributed by atoms with E-state index in [1.165, 1.54) is 4.68 Å². The molecule has 0 aliphatic heterocycles. The van der Waals surface area contributed by atoms with Gasteiger partial charge in [-0.15, -0.1) is 11.3 Å². The molecule has 2 aromatic heterocycles. The molecule has 3 rings (SSSR count). The summed E-state index contributed by atoms with van der Waals surface area (Å²) in [6.45, 7) is 4.31. The van der Waals surface area contributed by atoms with Crippen LogP contribution in [0.15, 0.2) is 34.4 Å². The van der Waals surface area contributed by atoms with Crippen molar-refractivity contribution < 1.29 is 9.53 Å². The zero-order valence-corrected chi connectivity index (χ0v) is 14.3. The van der Waals surface area contributed by atoms with E-state index in [0.29, 0.717) is 17.3 Å². The third-order valence-electron chi connectivity index (χ3n) is 3.61. The van der Waals surface area contributed by atoms with E-state index in [1.807, 2.05) is 12.3 Å². The normalized spacial score (nSPS) is 10.9. The lowest BCUT2D eigenvalue weighted by atomic mass is 10.1. The van der Waals surface area contributed by atoms with Crippen molar-refractivity contribution in [2.24, 2.45) is 0 Å². The number of carbonyl (C=O) groups is 1. The fourth-order valence-electron chi connectivity index (χ4n) is 2.39. The molecule has 24 heavy (non-hydrogen) atoms. The zero-order chi connectivity index (χ0) is 17.1. The molecule has 0 aliphatic carbocycles. The van der Waals surface area contributed by atoms with Crippen molar-refractivity contribution in [3.05, 3.63) is 56.4 Å². The van der Waals surface area contributed by atoms with Gasteiger partial charge in [-0.1, -0.05) is 25.1 Å². The Labute approximate surface area is 142 Å². The van der Waals surface area contributed by atoms with Crippen molar-refractivity contribution in [2.45, 2.75) is 33.4 Å². The van der Waals surface area contributed by atoms with Crippen molar-refractivity contribution in [1.29, 1.82) is 0 Å². The fourth-order valence-corrected chi connectivity index (χ4v) is 3.12. The number of carbonyl (C=O) groups excluding carboxylic acids is 1. The Morgan fingerprint density at radius 1 is 1.25 bits per heavy atom. The number of fused-ring (bicyclic) bond motifs is 1. The molecule has 0 bridgehead atoms. The van der Waals surface area contributed by atoms with E-state index in [-0.39, 0.29) is 17.9 Å². The monoisotopic (exact) mass is 343 g/mol. The number of aromatic nitrogens is 3. The van der Waals surface area contributed by atoms with Crippen LogP contribution in [0.2, 0.25) is 0 Å². The number of rotatable bonds is 5. The quantitative estimate of drug-likeness (QED) is 0.666. The van der Waals surface area contributed by atoms with Crippen LogP contribution in [0, 0.1) is 0 Å². The predicted molar refractivity (Wildman–Crippen MR) is 92.3 cm³/mol. The Hall–Kier alpha value is -2.54. The molecule has 0 aliphatic rings. The lowest BCUT2D eigenvalue weighted by Crippen LogP contribution is -2.25. The Morgan fingerprint density at radius 3 is 2.67 bits per heavy atom. The van der Waals surface area contributed by atoms with Gasteiger partial charge in [-0.3, -0.25) is 4.79 Å². The van der Waals surface area contributed by atoms with Crippen LogP contribution in [0.5, 0.6) is 0 Å². The molecule has 6 nitrogen and oxygen atoms in total. The summed E-state index contributed by atoms with van der Waals surface area (Å²) in [6, 6.07) is 6.93. The summed E-state index contributed by atoms with van der Waals surface area (Å²) in [6.07, 6.45) is 0.853. The van der Waals surface area contributed by atoms with Crippen molar-refractivity contribution in [3.63, 3.8) is 0 Å². The first-order valence-electron chi connectivity index (χ1n) is 7.74. The first kappa shape index (κ1) is 16.3. The van der Waals surface area contributed by atoms with Gasteiger partial charge in [0.15, 0.2) is 5.69 Å². The number of thiazole rings is 1. The molecule has 1 aromatic carbocycles. The first-order chi connectivity index (χ1) is 11.6. The Morgan fingerprint density at radius 2 is 2.00 bits per heavy atom. The Kier molecular flexibility index (Phi) is 4.71. The summed E-state index contributed by atoms with van der Waals surface area (Å²) in [5.41, 5.74) is 0.660. The summed E-state index contributed by atoms with van der Waals surface area (Å²) in [5, 5.41) is 8.01. The molecule has 0 N–H and O–H groups in total. The standard InChI is InChI=1S/C17H17N3O3S/c1-3-14-18-11(10-24-14)9-23-17(22)15-12-7-5-6-8-13(12)16(21)20(4-2)19-15/h5-8,10H,3-4,9H2,1-2H3. The molecular weight excluding hydrogens is 326 g/mol. The molecule has 2 heterocycles. The zero-order valence-electron chi connectivity index (χ0n) is 13.5. The van der Waals surface area contributed by atoms with Gasteiger partial charge in [-0.05, 0) is 19.4 Å². The molecule has 0 saturated carbocycles. The minimum absolute atomic E-state index is 0.0938. The van der Waals surface area contributed by atoms with Crippen LogP contribution < -0.4 is 5.56 Å². The van der Waals surface area contributed by atoms with Crippen LogP contribution in [0.1, 0.15) is 35.0 Å². The highest BCUT2D eigenvalue weighted by Crippen LogP contribution is 2.16. The third kappa shape index (κ3) is 3.07. The van der Waals surface area contributed by atoms with Crippen molar-refractivity contribution in [1.82, 2.24) is 14.8 Å². The molecule has 124 valence electrons. The SMILES string of the molecule is CCc1nc(COC(=O)c2nn(CC)c(=O)c3ccccc23)cs1. The number of esters is 1. The summed E-state index contributed by atoms with van der Waals surface area (Å²) in [5.74, 6) is -0.556. The van der Waals surface area contributed by atoms with Gasteiger partial charge in [-0.2, -0.15) is 5.10 Å². The highest BCUT2D eigenvalue weighted by Gasteiger charge is 2.18. The number of hydrogen-bond donors (Lipinski definition) is 0. The number of ether oxygens (including phenoxy) is 1. The van der Waals surface area contributed by atoms with Crippen LogP contribution in [-0.2, 0) is 24.3 Å². The molecule has 0 saturated heterocycles. The minimum Gasteiger partial charge on any atom is -0.454 e. The summed E-state index contributed by atoms with van der Waals surface area (Å²) in [4.78, 5) is 29.1. The maximum atomic E-state index is 12.5. The number of hydrogen-bond acceptors (Lipinski definition) is 6. The average molecular weight is 343 g/mol. The summed E-state index contributed by atoms with van der Waals surface area (Å²) >= 11 is 1.54. The third-order valence-corrected chi connectivity index (χ3v) is 4.66. The second-order valence-electron chi connectivity index (χ2n) is 5.18. The summed E-state index contributed by atoms with van der Waals surface area (Å²) in [7, 11) is 0. The molecule has 0 radical (unpaired) electrons. The fraction of sp³-hybridized carbons (Fsp3) is 0.294. The van der Waals surface area contributed by atoms with Crippen molar-refractivity contribution in [3.8, 4) is 0 Å². The van der Waals surface area contributed by atoms with Gasteiger partial charge in [-0.25, -0.2) is 14.5 Å². The van der Waals surface area contributed by atoms with E-state index in [2.05, 4.69) is 10.1 Å². The minimum atomic E-state index is -0.556. The van der Waals surface area contributed by atoms with Gasteiger partial charge in [0.05, 0.1) is 16.1 Å². The van der Waals surface area contributed by atoms with E-state index in [1.54, 1.807) is 42.5 Å². The van der Waals surface area contributed by atoms with Crippen LogP contribution in [-0.4, -0.2) is 20.7 Å². The predicted octanol–water partition coefficient (Wildman–Crippen LogP) is 2.79. The summed E-state index contributed by atoms with van der Waals surface area (Å²) < 4.78 is 6.62. The first-order valence-corrected chi connectivity index (χ1v) is 8.62. The molecule has 0 fully saturated rings. The Balaban J connectivity index is 1.91. The number of benzene rings is 1. The van der Waals surface area contributed by atoms with Crippen LogP contribution >= 0.6 is 11.3 Å². The topological polar surface area (TPSA) is 74.1 Å². The van der Waals surface area contributed by atoms with Crippen LogP contribution in [0.25, 0.3) is 10.8 Å². The second kappa shape index (κ2) is 6.92. The number of nitrogens with zero attached hydrogens (tertiary/aromatic N) is 3. The van der Waals surface area contributed by atoms with Gasteiger partial charge in [0.2, 0.25) is 0 Å². The smallest absolute Gasteiger partial charge is 0.359 e. The lowest BCUT2D eigenvalue weighted by molar-refractivity contribution is 0.0461. The van der Waals surface area contributed by atoms with Crippen LogP contribution in [0.3, 0.4) is 0 Å². The van der Waals surface area contributed by atoms with Crippen LogP contribution in [0.4, 0.5) is 0 Å². The van der Waals surface area contributed by atoms with E-state index in [0.717, 1.165) is 17.1 Å². The number of aryl methyl sites for hydroxylation is 2. The van der Waals surface area contributed by atoms with E-state index in [4.69, 9.17) is 4.74 Å². The van der Waals surface area contributed by atoms with Gasteiger partial charge in [0, 0.05) is 17.3 Å². The molecule has 0 atom stereocenters. The Bertz CT molecular complexity index is 946. The van der Waals surface area contributed by atoms with E-state index >= 15 is 0 Å². The maximum absolute atomic E-state index is 12.5. The van der Waals surface area contributed by atoms with E-state index < -0.39 is 5.97 Å². The van der Waals surface area contributed by atoms with Gasteiger partial charge in [0.1, 0.15) is 6.61 Å². The van der Waals surface area contributed by atoms with Gasteiger partial charge < -0.3 is 4.74 Å². The molecule has 0 amide bonds. The van der Waals surface area contributed by atoms with Gasteiger partial charge in [0.25, 0.3) is 5.56 Å². The molecular formula is C17H17N3O3S. The molecule has 7 heteroatoms. The molecule has 0 spiro atoms. The highest BCUT2D eigenvalue weighted by molar-refractivity contribution is 7.09. The molecule has 0 unspecified atom stereocenters. The maximum Gasteiger partial charge on any atom is 0.359 e. The van der Waals surface area contributed by atoms with Gasteiger partial charge >= 0.3 is 5.97 Å². The van der Waals surface area contributed by atoms with Crippen molar-refractivity contribution in [2.75, 3.05) is 0 Å². The molecule has 3 aromatic rings. The largest absolute Gasteiger partial charge is 0.454 e. The van der Waals surface area contributed by atoms with Crippen molar-refractivity contribution >= 4 is 28.1 Å². The second-order valence-corrected chi connectivity index (χ2v) is 6.12. The highest BCUT2D eigenvalue weighted by atomic mass is 32.1.